The lowest BCUT2D eigenvalue weighted by Gasteiger charge is -2.42. The van der Waals surface area contributed by atoms with Crippen molar-refractivity contribution < 1.29 is 19.2 Å². The van der Waals surface area contributed by atoms with Gasteiger partial charge in [-0.1, -0.05) is 48.0 Å². The molecule has 32 heavy (non-hydrogen) atoms. The van der Waals surface area contributed by atoms with Crippen molar-refractivity contribution in [3.8, 4) is 0 Å². The maximum atomic E-state index is 13.2. The molecule has 8 heteroatoms. The Balaban J connectivity index is 1.56. The quantitative estimate of drug-likeness (QED) is 0.670. The number of nitrogens with one attached hydrogen (secondary N) is 1. The first-order chi connectivity index (χ1) is 14.8. The van der Waals surface area contributed by atoms with E-state index in [2.05, 4.69) is 26.1 Å². The molecule has 2 saturated heterocycles. The SMILES string of the molecule is CCC(C)(C)C1CCC2(CC1)NC(=O)N(CC(=O)N1CCN(C(=O)C(C)(C)C)CC1)C2=O. The summed E-state index contributed by atoms with van der Waals surface area (Å²) in [6, 6.07) is -0.460. The topological polar surface area (TPSA) is 90.0 Å². The third-order valence-electron chi connectivity index (χ3n) is 7.96. The molecule has 1 aliphatic carbocycles. The van der Waals surface area contributed by atoms with Gasteiger partial charge < -0.3 is 15.1 Å². The molecule has 0 bridgehead atoms. The lowest BCUT2D eigenvalue weighted by atomic mass is 9.65. The Morgan fingerprint density at radius 3 is 2.00 bits per heavy atom. The summed E-state index contributed by atoms with van der Waals surface area (Å²) in [5.74, 6) is 0.104. The number of nitrogens with zero attached hydrogens (tertiary/aromatic N) is 3. The van der Waals surface area contributed by atoms with Crippen molar-refractivity contribution in [3.05, 3.63) is 0 Å². The van der Waals surface area contributed by atoms with Gasteiger partial charge >= 0.3 is 6.03 Å². The zero-order valence-electron chi connectivity index (χ0n) is 20.6. The Morgan fingerprint density at radius 2 is 1.50 bits per heavy atom. The van der Waals surface area contributed by atoms with Crippen LogP contribution < -0.4 is 5.32 Å². The van der Waals surface area contributed by atoms with Crippen molar-refractivity contribution in [1.82, 2.24) is 20.0 Å². The van der Waals surface area contributed by atoms with E-state index in [1.807, 2.05) is 20.8 Å². The summed E-state index contributed by atoms with van der Waals surface area (Å²) in [5.41, 5.74) is -1.08. The third kappa shape index (κ3) is 4.64. The van der Waals surface area contributed by atoms with Crippen LogP contribution in [0.1, 0.15) is 73.6 Å². The number of carbonyl (C=O) groups excluding carboxylic acids is 4. The van der Waals surface area contributed by atoms with E-state index in [0.717, 1.165) is 24.2 Å². The van der Waals surface area contributed by atoms with Gasteiger partial charge in [0.1, 0.15) is 12.1 Å². The highest BCUT2D eigenvalue weighted by Crippen LogP contribution is 2.45. The Hall–Kier alpha value is -2.12. The fourth-order valence-electron chi connectivity index (χ4n) is 5.21. The average molecular weight is 449 g/mol. The number of hydrogen-bond acceptors (Lipinski definition) is 4. The number of carbonyl (C=O) groups is 4. The lowest BCUT2D eigenvalue weighted by molar-refractivity contribution is -0.146. The van der Waals surface area contributed by atoms with Gasteiger partial charge in [0.2, 0.25) is 11.8 Å². The van der Waals surface area contributed by atoms with Crippen LogP contribution in [0.2, 0.25) is 0 Å². The average Bonchev–Trinajstić information content (AvgIpc) is 2.96. The second-order valence-electron chi connectivity index (χ2n) is 11.4. The Kier molecular flexibility index (Phi) is 6.64. The van der Waals surface area contributed by atoms with Crippen LogP contribution in [0.3, 0.4) is 0 Å². The van der Waals surface area contributed by atoms with E-state index in [1.54, 1.807) is 9.80 Å². The van der Waals surface area contributed by atoms with Crippen LogP contribution in [0.5, 0.6) is 0 Å². The van der Waals surface area contributed by atoms with E-state index in [0.29, 0.717) is 44.9 Å². The Bertz CT molecular complexity index is 769. The first kappa shape index (κ1) is 24.5. The molecule has 3 rings (SSSR count). The van der Waals surface area contributed by atoms with E-state index >= 15 is 0 Å². The van der Waals surface area contributed by atoms with Crippen LogP contribution in [-0.4, -0.2) is 76.7 Å². The van der Waals surface area contributed by atoms with E-state index < -0.39 is 17.0 Å². The van der Waals surface area contributed by atoms with Crippen molar-refractivity contribution in [1.29, 1.82) is 0 Å². The second kappa shape index (κ2) is 8.67. The molecule has 0 aromatic heterocycles. The van der Waals surface area contributed by atoms with Crippen LogP contribution in [0, 0.1) is 16.7 Å². The molecule has 2 aliphatic heterocycles. The minimum absolute atomic E-state index is 0.0718. The van der Waals surface area contributed by atoms with Gasteiger partial charge in [-0.25, -0.2) is 4.79 Å². The zero-order chi connectivity index (χ0) is 23.9. The molecule has 2 heterocycles. The van der Waals surface area contributed by atoms with E-state index in [9.17, 15) is 19.2 Å². The Labute approximate surface area is 192 Å². The number of hydrogen-bond donors (Lipinski definition) is 1. The smallest absolute Gasteiger partial charge is 0.325 e. The van der Waals surface area contributed by atoms with Gasteiger partial charge in [0.15, 0.2) is 0 Å². The van der Waals surface area contributed by atoms with Crippen LogP contribution >= 0.6 is 0 Å². The molecule has 1 N–H and O–H groups in total. The molecule has 0 aromatic carbocycles. The van der Waals surface area contributed by atoms with Gasteiger partial charge in [-0.15, -0.1) is 0 Å². The van der Waals surface area contributed by atoms with E-state index in [-0.39, 0.29) is 29.7 Å². The first-order valence-corrected chi connectivity index (χ1v) is 12.0. The van der Waals surface area contributed by atoms with Crippen molar-refractivity contribution in [2.45, 2.75) is 79.2 Å². The largest absolute Gasteiger partial charge is 0.339 e. The minimum atomic E-state index is -0.852. The number of piperazine rings is 1. The maximum absolute atomic E-state index is 13.2. The number of imide groups is 1. The molecule has 3 fully saturated rings. The molecule has 8 nitrogen and oxygen atoms in total. The fourth-order valence-corrected chi connectivity index (χ4v) is 5.21. The molecule has 0 atom stereocenters. The van der Waals surface area contributed by atoms with E-state index in [1.165, 1.54) is 0 Å². The highest BCUT2D eigenvalue weighted by molar-refractivity contribution is 6.09. The first-order valence-electron chi connectivity index (χ1n) is 12.0. The molecular formula is C24H40N4O4. The number of amides is 5. The molecular weight excluding hydrogens is 408 g/mol. The van der Waals surface area contributed by atoms with Crippen molar-refractivity contribution in [2.24, 2.45) is 16.7 Å². The highest BCUT2D eigenvalue weighted by Gasteiger charge is 2.54. The monoisotopic (exact) mass is 448 g/mol. The van der Waals surface area contributed by atoms with Crippen LogP contribution in [0.15, 0.2) is 0 Å². The second-order valence-corrected chi connectivity index (χ2v) is 11.4. The predicted molar refractivity (Wildman–Crippen MR) is 122 cm³/mol. The summed E-state index contributed by atoms with van der Waals surface area (Å²) in [7, 11) is 0. The molecule has 1 spiro atoms. The van der Waals surface area contributed by atoms with Crippen LogP contribution in [-0.2, 0) is 14.4 Å². The standard InChI is InChI=1S/C24H40N4O4/c1-7-23(5,6)17-8-10-24(11-9-17)20(31)28(21(32)25-24)16-18(29)26-12-14-27(15-13-26)19(30)22(2,3)4/h17H,7-16H2,1-6H3,(H,25,32). The fraction of sp³-hybridized carbons (Fsp3) is 0.833. The summed E-state index contributed by atoms with van der Waals surface area (Å²) in [6.45, 7) is 13.9. The summed E-state index contributed by atoms with van der Waals surface area (Å²) < 4.78 is 0. The van der Waals surface area contributed by atoms with Crippen molar-refractivity contribution in [3.63, 3.8) is 0 Å². The molecule has 0 radical (unpaired) electrons. The van der Waals surface area contributed by atoms with Crippen molar-refractivity contribution in [2.75, 3.05) is 32.7 Å². The molecule has 180 valence electrons. The van der Waals surface area contributed by atoms with E-state index in [4.69, 9.17) is 0 Å². The molecule has 1 saturated carbocycles. The molecule has 5 amide bonds. The van der Waals surface area contributed by atoms with Gasteiger partial charge in [-0.2, -0.15) is 0 Å². The number of rotatable bonds is 4. The molecule has 0 unspecified atom stereocenters. The van der Waals surface area contributed by atoms with Crippen molar-refractivity contribution >= 4 is 23.8 Å². The third-order valence-corrected chi connectivity index (χ3v) is 7.96. The Morgan fingerprint density at radius 1 is 0.969 bits per heavy atom. The summed E-state index contributed by atoms with van der Waals surface area (Å²) in [6.07, 6.45) is 4.14. The van der Waals surface area contributed by atoms with Crippen LogP contribution in [0.4, 0.5) is 4.79 Å². The zero-order valence-corrected chi connectivity index (χ0v) is 20.6. The summed E-state index contributed by atoms with van der Waals surface area (Å²) >= 11 is 0. The van der Waals surface area contributed by atoms with Crippen LogP contribution in [0.25, 0.3) is 0 Å². The summed E-state index contributed by atoms with van der Waals surface area (Å²) in [4.78, 5) is 55.7. The highest BCUT2D eigenvalue weighted by atomic mass is 16.2. The van der Waals surface area contributed by atoms with Gasteiger partial charge in [0, 0.05) is 31.6 Å². The molecule has 0 aromatic rings. The maximum Gasteiger partial charge on any atom is 0.325 e. The molecule has 3 aliphatic rings. The summed E-state index contributed by atoms with van der Waals surface area (Å²) in [5, 5.41) is 2.92. The van der Waals surface area contributed by atoms with Gasteiger partial charge in [-0.3, -0.25) is 19.3 Å². The normalized spacial score (nSPS) is 27.2. The minimum Gasteiger partial charge on any atom is -0.339 e. The van der Waals surface area contributed by atoms with Gasteiger partial charge in [-0.05, 0) is 37.0 Å². The predicted octanol–water partition coefficient (Wildman–Crippen LogP) is 2.62. The number of urea groups is 1. The lowest BCUT2D eigenvalue weighted by Crippen LogP contribution is -2.55. The van der Waals surface area contributed by atoms with Gasteiger partial charge in [0.25, 0.3) is 5.91 Å². The van der Waals surface area contributed by atoms with Gasteiger partial charge in [0.05, 0.1) is 0 Å².